The van der Waals surface area contributed by atoms with Gasteiger partial charge in [0.15, 0.2) is 0 Å². The van der Waals surface area contributed by atoms with E-state index in [-0.39, 0.29) is 16.4 Å². The summed E-state index contributed by atoms with van der Waals surface area (Å²) in [6.45, 7) is 10.5. The predicted octanol–water partition coefficient (Wildman–Crippen LogP) is 2.68. The number of piperidine rings is 1. The Morgan fingerprint density at radius 3 is 2.48 bits per heavy atom. The highest BCUT2D eigenvalue weighted by Gasteiger charge is 2.40. The van der Waals surface area contributed by atoms with Crippen LogP contribution in [0, 0.1) is 0 Å². The smallest absolute Gasteiger partial charge is 0.229 e. The van der Waals surface area contributed by atoms with Crippen LogP contribution in [0.15, 0.2) is 6.33 Å². The molecule has 1 fully saturated rings. The second-order valence-corrected chi connectivity index (χ2v) is 7.89. The van der Waals surface area contributed by atoms with Crippen molar-refractivity contribution in [2.75, 3.05) is 25.2 Å². The lowest BCUT2D eigenvalue weighted by molar-refractivity contribution is 0.154. The second kappa shape index (κ2) is 7.28. The minimum absolute atomic E-state index is 0.0583. The molecule has 0 bridgehead atoms. The van der Waals surface area contributed by atoms with Gasteiger partial charge in [0, 0.05) is 37.4 Å². The molecule has 23 heavy (non-hydrogen) atoms. The lowest BCUT2D eigenvalue weighted by Gasteiger charge is -2.49. The molecule has 0 aliphatic carbocycles. The SMILES string of the molecule is COCCCN(c1ncnc(Cl)n1)C1CC(C)(C)NC(C)(C)C1. The zero-order valence-electron chi connectivity index (χ0n) is 14.8. The van der Waals surface area contributed by atoms with Gasteiger partial charge < -0.3 is 15.0 Å². The number of ether oxygens (including phenoxy) is 1. The molecule has 0 unspecified atom stereocenters. The van der Waals surface area contributed by atoms with E-state index in [2.05, 4.69) is 52.9 Å². The van der Waals surface area contributed by atoms with Gasteiger partial charge in [0.05, 0.1) is 0 Å². The standard InChI is InChI=1S/C16H28ClN5O/c1-15(2)9-12(10-16(3,4)21-15)22(7-6-8-23-5)14-19-11-18-13(17)20-14/h11-12,21H,6-10H2,1-5H3. The van der Waals surface area contributed by atoms with E-state index in [1.807, 2.05) is 0 Å². The molecule has 7 heteroatoms. The summed E-state index contributed by atoms with van der Waals surface area (Å²) >= 11 is 5.98. The Kier molecular flexibility index (Phi) is 5.81. The Morgan fingerprint density at radius 2 is 1.91 bits per heavy atom. The van der Waals surface area contributed by atoms with Gasteiger partial charge in [-0.05, 0) is 58.6 Å². The molecule has 1 N–H and O–H groups in total. The summed E-state index contributed by atoms with van der Waals surface area (Å²) in [5.41, 5.74) is 0.117. The largest absolute Gasteiger partial charge is 0.385 e. The molecule has 0 atom stereocenters. The Labute approximate surface area is 144 Å². The quantitative estimate of drug-likeness (QED) is 0.803. The minimum Gasteiger partial charge on any atom is -0.385 e. The molecular weight excluding hydrogens is 314 g/mol. The van der Waals surface area contributed by atoms with Gasteiger partial charge in [0.2, 0.25) is 11.2 Å². The van der Waals surface area contributed by atoms with Gasteiger partial charge in [-0.15, -0.1) is 0 Å². The molecule has 6 nitrogen and oxygen atoms in total. The van der Waals surface area contributed by atoms with Gasteiger partial charge in [-0.2, -0.15) is 4.98 Å². The van der Waals surface area contributed by atoms with Crippen molar-refractivity contribution >= 4 is 17.5 Å². The van der Waals surface area contributed by atoms with Crippen LogP contribution >= 0.6 is 11.6 Å². The summed E-state index contributed by atoms with van der Waals surface area (Å²) in [6.07, 6.45) is 4.44. The van der Waals surface area contributed by atoms with Crippen molar-refractivity contribution in [3.63, 3.8) is 0 Å². The number of aromatic nitrogens is 3. The van der Waals surface area contributed by atoms with E-state index >= 15 is 0 Å². The number of halogens is 1. The van der Waals surface area contributed by atoms with Crippen LogP contribution in [0.5, 0.6) is 0 Å². The topological polar surface area (TPSA) is 63.2 Å². The van der Waals surface area contributed by atoms with Gasteiger partial charge in [-0.1, -0.05) is 0 Å². The summed E-state index contributed by atoms with van der Waals surface area (Å²) in [5, 5.41) is 3.95. The number of hydrogen-bond donors (Lipinski definition) is 1. The van der Waals surface area contributed by atoms with Crippen LogP contribution in [0.4, 0.5) is 5.95 Å². The summed E-state index contributed by atoms with van der Waals surface area (Å²) in [6, 6.07) is 0.344. The number of nitrogens with zero attached hydrogens (tertiary/aromatic N) is 4. The monoisotopic (exact) mass is 341 g/mol. The summed E-state index contributed by atoms with van der Waals surface area (Å²) in [5.74, 6) is 0.652. The highest BCUT2D eigenvalue weighted by atomic mass is 35.5. The number of rotatable bonds is 6. The summed E-state index contributed by atoms with van der Waals surface area (Å²) in [7, 11) is 1.72. The Hall–Kier alpha value is -0.980. The van der Waals surface area contributed by atoms with Crippen molar-refractivity contribution in [3.8, 4) is 0 Å². The van der Waals surface area contributed by atoms with Crippen LogP contribution < -0.4 is 10.2 Å². The highest BCUT2D eigenvalue weighted by molar-refractivity contribution is 6.28. The first-order valence-electron chi connectivity index (χ1n) is 8.12. The molecule has 2 rings (SSSR count). The molecule has 0 spiro atoms. The predicted molar refractivity (Wildman–Crippen MR) is 93.0 cm³/mol. The van der Waals surface area contributed by atoms with Gasteiger partial charge in [-0.3, -0.25) is 0 Å². The second-order valence-electron chi connectivity index (χ2n) is 7.55. The van der Waals surface area contributed by atoms with E-state index in [4.69, 9.17) is 16.3 Å². The summed E-state index contributed by atoms with van der Waals surface area (Å²) in [4.78, 5) is 14.8. The van der Waals surface area contributed by atoms with E-state index in [1.54, 1.807) is 7.11 Å². The average Bonchev–Trinajstić information content (AvgIpc) is 2.40. The Bertz CT molecular complexity index is 507. The van der Waals surface area contributed by atoms with Crippen LogP contribution in [0.2, 0.25) is 5.28 Å². The zero-order chi connectivity index (χ0) is 17.1. The molecule has 1 aromatic heterocycles. The first kappa shape index (κ1) is 18.4. The molecule has 1 aliphatic heterocycles. The molecule has 2 heterocycles. The zero-order valence-corrected chi connectivity index (χ0v) is 15.5. The van der Waals surface area contributed by atoms with Crippen LogP contribution in [-0.4, -0.2) is 52.3 Å². The molecule has 130 valence electrons. The molecule has 1 aromatic rings. The van der Waals surface area contributed by atoms with E-state index in [1.165, 1.54) is 6.33 Å². The molecule has 0 aromatic carbocycles. The molecule has 0 saturated carbocycles. The third-order valence-corrected chi connectivity index (χ3v) is 4.33. The maximum Gasteiger partial charge on any atom is 0.229 e. The molecule has 0 amide bonds. The maximum atomic E-state index is 5.98. The highest BCUT2D eigenvalue weighted by Crippen LogP contribution is 2.33. The van der Waals surface area contributed by atoms with Crippen LogP contribution in [0.25, 0.3) is 0 Å². The van der Waals surface area contributed by atoms with E-state index in [9.17, 15) is 0 Å². The number of methoxy groups -OCH3 is 1. The number of anilines is 1. The van der Waals surface area contributed by atoms with Crippen molar-refractivity contribution < 1.29 is 4.74 Å². The number of nitrogens with one attached hydrogen (secondary N) is 1. The van der Waals surface area contributed by atoms with Crippen LogP contribution in [-0.2, 0) is 4.74 Å². The lowest BCUT2D eigenvalue weighted by Crippen LogP contribution is -2.62. The number of hydrogen-bond acceptors (Lipinski definition) is 6. The van der Waals surface area contributed by atoms with E-state index < -0.39 is 0 Å². The molecular formula is C16H28ClN5O. The van der Waals surface area contributed by atoms with Crippen molar-refractivity contribution in [1.29, 1.82) is 0 Å². The lowest BCUT2D eigenvalue weighted by atomic mass is 9.79. The fourth-order valence-electron chi connectivity index (χ4n) is 3.72. The Morgan fingerprint density at radius 1 is 1.26 bits per heavy atom. The third-order valence-electron chi connectivity index (χ3n) is 4.14. The molecule has 1 aliphatic rings. The summed E-state index contributed by atoms with van der Waals surface area (Å²) < 4.78 is 5.20. The van der Waals surface area contributed by atoms with Gasteiger partial charge in [0.25, 0.3) is 0 Å². The van der Waals surface area contributed by atoms with Gasteiger partial charge >= 0.3 is 0 Å². The van der Waals surface area contributed by atoms with Gasteiger partial charge in [0.1, 0.15) is 6.33 Å². The minimum atomic E-state index is 0.0583. The molecule has 1 saturated heterocycles. The van der Waals surface area contributed by atoms with Crippen molar-refractivity contribution in [2.45, 2.75) is 64.1 Å². The fourth-order valence-corrected chi connectivity index (χ4v) is 3.84. The van der Waals surface area contributed by atoms with E-state index in [0.717, 1.165) is 25.8 Å². The molecule has 0 radical (unpaired) electrons. The van der Waals surface area contributed by atoms with Crippen LogP contribution in [0.3, 0.4) is 0 Å². The fraction of sp³-hybridized carbons (Fsp3) is 0.812. The maximum absolute atomic E-state index is 5.98. The first-order chi connectivity index (χ1) is 10.7. The normalized spacial score (nSPS) is 20.4. The van der Waals surface area contributed by atoms with Gasteiger partial charge in [-0.25, -0.2) is 9.97 Å². The average molecular weight is 342 g/mol. The third kappa shape index (κ3) is 5.26. The van der Waals surface area contributed by atoms with Crippen molar-refractivity contribution in [1.82, 2.24) is 20.3 Å². The van der Waals surface area contributed by atoms with Crippen molar-refractivity contribution in [2.24, 2.45) is 0 Å². The van der Waals surface area contributed by atoms with Crippen LogP contribution in [0.1, 0.15) is 47.0 Å². The van der Waals surface area contributed by atoms with Crippen molar-refractivity contribution in [3.05, 3.63) is 11.6 Å². The Balaban J connectivity index is 2.25. The first-order valence-corrected chi connectivity index (χ1v) is 8.50. The van der Waals surface area contributed by atoms with E-state index in [0.29, 0.717) is 18.6 Å².